The van der Waals surface area contributed by atoms with E-state index in [-0.39, 0.29) is 0 Å². The number of anilines is 2. The van der Waals surface area contributed by atoms with Gasteiger partial charge in [-0.25, -0.2) is 9.29 Å². The molecule has 0 radical (unpaired) electrons. The maximum Gasteiger partial charge on any atom is 0.298 e. The maximum absolute atomic E-state index is 13.0. The number of nitrogen functional groups attached to an aromatic ring is 1. The summed E-state index contributed by atoms with van der Waals surface area (Å²) in [5.74, 6) is -0.824. The molecule has 2 amide bonds. The minimum Gasteiger partial charge on any atom is -0.399 e. The molecule has 0 spiro atoms. The maximum atomic E-state index is 13.0. The first-order valence-corrected chi connectivity index (χ1v) is 7.67. The monoisotopic (exact) mass is 328 g/mol. The molecule has 2 aromatic carbocycles. The van der Waals surface area contributed by atoms with Gasteiger partial charge in [0.2, 0.25) is 0 Å². The standard InChI is InChI=1S/C17H13FN2O2S/c1-10(11-2-6-13(19)7-3-11)15-16(21)20(17(22)23-15)14-8-4-12(18)5-9-14/h2-9H,19H2,1H3/b15-10-. The number of nitrogens with zero attached hydrogens (tertiary/aromatic N) is 1. The van der Waals surface area contributed by atoms with Gasteiger partial charge < -0.3 is 5.73 Å². The number of amides is 2. The van der Waals surface area contributed by atoms with Crippen molar-refractivity contribution in [3.05, 3.63) is 64.8 Å². The van der Waals surface area contributed by atoms with Crippen LogP contribution in [0.25, 0.3) is 5.57 Å². The summed E-state index contributed by atoms with van der Waals surface area (Å²) in [4.78, 5) is 26.2. The number of carbonyl (C=O) groups is 2. The first-order valence-electron chi connectivity index (χ1n) is 6.86. The van der Waals surface area contributed by atoms with E-state index in [4.69, 9.17) is 5.73 Å². The van der Waals surface area contributed by atoms with E-state index in [0.717, 1.165) is 22.2 Å². The fraction of sp³-hybridized carbons (Fsp3) is 0.0588. The molecule has 1 fully saturated rings. The smallest absolute Gasteiger partial charge is 0.298 e. The van der Waals surface area contributed by atoms with E-state index in [1.807, 2.05) is 0 Å². The summed E-state index contributed by atoms with van der Waals surface area (Å²) in [6.07, 6.45) is 0. The van der Waals surface area contributed by atoms with E-state index in [0.29, 0.717) is 21.9 Å². The Balaban J connectivity index is 1.98. The van der Waals surface area contributed by atoms with Crippen LogP contribution < -0.4 is 10.6 Å². The molecule has 4 nitrogen and oxygen atoms in total. The number of hydrogen-bond acceptors (Lipinski definition) is 4. The Labute approximate surface area is 136 Å². The third-order valence-corrected chi connectivity index (χ3v) is 4.58. The van der Waals surface area contributed by atoms with E-state index in [1.165, 1.54) is 24.3 Å². The molecule has 2 aromatic rings. The summed E-state index contributed by atoms with van der Waals surface area (Å²) in [5.41, 5.74) is 8.17. The quantitative estimate of drug-likeness (QED) is 0.667. The molecular weight excluding hydrogens is 315 g/mol. The molecule has 0 bridgehead atoms. The molecule has 1 aliphatic heterocycles. The summed E-state index contributed by atoms with van der Waals surface area (Å²) in [6, 6.07) is 12.3. The number of halogens is 1. The zero-order chi connectivity index (χ0) is 16.6. The van der Waals surface area contributed by atoms with Crippen molar-refractivity contribution in [2.24, 2.45) is 0 Å². The highest BCUT2D eigenvalue weighted by atomic mass is 32.2. The Hall–Kier alpha value is -2.60. The lowest BCUT2D eigenvalue weighted by molar-refractivity contribution is -0.113. The molecule has 1 heterocycles. The van der Waals surface area contributed by atoms with Gasteiger partial charge in [-0.05, 0) is 66.2 Å². The summed E-state index contributed by atoms with van der Waals surface area (Å²) in [6.45, 7) is 1.78. The molecule has 1 saturated heterocycles. The highest BCUT2D eigenvalue weighted by molar-refractivity contribution is 8.19. The molecule has 23 heavy (non-hydrogen) atoms. The van der Waals surface area contributed by atoms with Crippen molar-refractivity contribution in [2.75, 3.05) is 10.6 Å². The van der Waals surface area contributed by atoms with E-state index in [1.54, 1.807) is 31.2 Å². The lowest BCUT2D eigenvalue weighted by atomic mass is 10.1. The predicted octanol–water partition coefficient (Wildman–Crippen LogP) is 4.04. The summed E-state index contributed by atoms with van der Waals surface area (Å²) >= 11 is 0.880. The average Bonchev–Trinajstić information content (AvgIpc) is 2.83. The van der Waals surface area contributed by atoms with E-state index >= 15 is 0 Å². The van der Waals surface area contributed by atoms with Crippen molar-refractivity contribution < 1.29 is 14.0 Å². The third-order valence-electron chi connectivity index (χ3n) is 3.54. The summed E-state index contributed by atoms with van der Waals surface area (Å²) in [5, 5.41) is -0.397. The van der Waals surface area contributed by atoms with Gasteiger partial charge in [0.25, 0.3) is 11.1 Å². The topological polar surface area (TPSA) is 63.4 Å². The van der Waals surface area contributed by atoms with Crippen LogP contribution in [0.4, 0.5) is 20.6 Å². The van der Waals surface area contributed by atoms with Crippen molar-refractivity contribution in [1.82, 2.24) is 0 Å². The van der Waals surface area contributed by atoms with Gasteiger partial charge in [-0.2, -0.15) is 0 Å². The molecule has 0 aliphatic carbocycles. The molecule has 116 valence electrons. The molecule has 6 heteroatoms. The minimum atomic E-state index is -0.422. The van der Waals surface area contributed by atoms with Crippen molar-refractivity contribution in [3.63, 3.8) is 0 Å². The van der Waals surface area contributed by atoms with Crippen LogP contribution in [0.5, 0.6) is 0 Å². The number of allylic oxidation sites excluding steroid dienone is 1. The molecule has 1 aliphatic rings. The Bertz CT molecular complexity index is 813. The van der Waals surface area contributed by atoms with Crippen LogP contribution in [0, 0.1) is 5.82 Å². The number of imide groups is 1. The third kappa shape index (κ3) is 2.85. The second kappa shape index (κ2) is 5.89. The number of rotatable bonds is 2. The van der Waals surface area contributed by atoms with E-state index < -0.39 is 17.0 Å². The Morgan fingerprint density at radius 1 is 1.04 bits per heavy atom. The van der Waals surface area contributed by atoms with E-state index in [2.05, 4.69) is 0 Å². The van der Waals surface area contributed by atoms with Gasteiger partial charge in [-0.15, -0.1) is 0 Å². The largest absolute Gasteiger partial charge is 0.399 e. The first kappa shape index (κ1) is 15.3. The van der Waals surface area contributed by atoms with Crippen molar-refractivity contribution in [3.8, 4) is 0 Å². The van der Waals surface area contributed by atoms with Crippen LogP contribution in [0.15, 0.2) is 53.4 Å². The Kier molecular flexibility index (Phi) is 3.92. The average molecular weight is 328 g/mol. The normalized spacial score (nSPS) is 16.9. The van der Waals surface area contributed by atoms with Crippen LogP contribution in [0.2, 0.25) is 0 Å². The first-order chi connectivity index (χ1) is 11.0. The minimum absolute atomic E-state index is 0.356. The number of nitrogens with two attached hydrogens (primary N) is 1. The molecular formula is C17H13FN2O2S. The lowest BCUT2D eigenvalue weighted by Gasteiger charge is -2.12. The van der Waals surface area contributed by atoms with Crippen molar-refractivity contribution in [2.45, 2.75) is 6.92 Å². The highest BCUT2D eigenvalue weighted by Crippen LogP contribution is 2.38. The number of hydrogen-bond donors (Lipinski definition) is 1. The second-order valence-corrected chi connectivity index (χ2v) is 6.02. The molecule has 0 unspecified atom stereocenters. The van der Waals surface area contributed by atoms with Crippen LogP contribution in [0.1, 0.15) is 12.5 Å². The SMILES string of the molecule is C/C(=C1/SC(=O)N(c2ccc(F)cc2)C1=O)c1ccc(N)cc1. The second-order valence-electron chi connectivity index (χ2n) is 5.06. The molecule has 0 atom stereocenters. The summed E-state index contributed by atoms with van der Waals surface area (Å²) in [7, 11) is 0. The van der Waals surface area contributed by atoms with Crippen LogP contribution in [-0.4, -0.2) is 11.1 Å². The number of carbonyl (C=O) groups excluding carboxylic acids is 2. The molecule has 3 rings (SSSR count). The predicted molar refractivity (Wildman–Crippen MR) is 90.3 cm³/mol. The zero-order valence-corrected chi connectivity index (χ0v) is 13.1. The number of thioether (sulfide) groups is 1. The lowest BCUT2D eigenvalue weighted by Crippen LogP contribution is -2.27. The molecule has 0 saturated carbocycles. The molecule has 0 aromatic heterocycles. The van der Waals surface area contributed by atoms with Crippen molar-refractivity contribution in [1.29, 1.82) is 0 Å². The summed E-state index contributed by atoms with van der Waals surface area (Å²) < 4.78 is 13.0. The number of benzene rings is 2. The van der Waals surface area contributed by atoms with Gasteiger partial charge in [-0.3, -0.25) is 9.59 Å². The molecule has 2 N–H and O–H groups in total. The van der Waals surface area contributed by atoms with Gasteiger partial charge >= 0.3 is 0 Å². The van der Waals surface area contributed by atoms with Crippen LogP contribution in [-0.2, 0) is 4.79 Å². The van der Waals surface area contributed by atoms with Crippen LogP contribution >= 0.6 is 11.8 Å². The fourth-order valence-corrected chi connectivity index (χ4v) is 3.18. The van der Waals surface area contributed by atoms with E-state index in [9.17, 15) is 14.0 Å². The highest BCUT2D eigenvalue weighted by Gasteiger charge is 2.37. The van der Waals surface area contributed by atoms with Gasteiger partial charge in [0.05, 0.1) is 10.6 Å². The van der Waals surface area contributed by atoms with Crippen LogP contribution in [0.3, 0.4) is 0 Å². The van der Waals surface area contributed by atoms with Gasteiger partial charge in [0.1, 0.15) is 5.82 Å². The van der Waals surface area contributed by atoms with Gasteiger partial charge in [-0.1, -0.05) is 12.1 Å². The zero-order valence-electron chi connectivity index (χ0n) is 12.2. The Morgan fingerprint density at radius 2 is 1.65 bits per heavy atom. The fourth-order valence-electron chi connectivity index (χ4n) is 2.28. The van der Waals surface area contributed by atoms with Gasteiger partial charge in [0, 0.05) is 5.69 Å². The van der Waals surface area contributed by atoms with Crippen molar-refractivity contribution >= 4 is 39.9 Å². The Morgan fingerprint density at radius 3 is 2.26 bits per heavy atom. The van der Waals surface area contributed by atoms with Gasteiger partial charge in [0.15, 0.2) is 0 Å².